The van der Waals surface area contributed by atoms with Gasteiger partial charge in [0.1, 0.15) is 17.8 Å². The van der Waals surface area contributed by atoms with E-state index in [0.29, 0.717) is 37.7 Å². The summed E-state index contributed by atoms with van der Waals surface area (Å²) in [7, 11) is 0. The van der Waals surface area contributed by atoms with Crippen LogP contribution >= 0.6 is 0 Å². The fraction of sp³-hybridized carbons (Fsp3) is 0.867. The first-order valence-electron chi connectivity index (χ1n) is 14.6. The first-order chi connectivity index (χ1) is 17.6. The molecule has 3 aliphatic heterocycles. The van der Waals surface area contributed by atoms with E-state index >= 15 is 0 Å². The maximum atomic E-state index is 13.1. The molecule has 210 valence electrons. The van der Waals surface area contributed by atoms with Crippen molar-refractivity contribution in [3.63, 3.8) is 0 Å². The Kier molecular flexibility index (Phi) is 9.07. The normalized spacial score (nSPS) is 42.1. The topological polar surface area (TPSA) is 91.3 Å². The highest BCUT2D eigenvalue weighted by Gasteiger charge is 2.65. The summed E-state index contributed by atoms with van der Waals surface area (Å²) in [4.78, 5) is 25.2. The molecule has 0 amide bonds. The van der Waals surface area contributed by atoms with Crippen molar-refractivity contribution in [2.45, 2.75) is 129 Å². The van der Waals surface area contributed by atoms with Crippen molar-refractivity contribution in [1.29, 1.82) is 0 Å². The summed E-state index contributed by atoms with van der Waals surface area (Å²) in [6.45, 7) is 14.9. The zero-order chi connectivity index (χ0) is 26.9. The van der Waals surface area contributed by atoms with Crippen LogP contribution in [0.1, 0.15) is 92.4 Å². The number of aliphatic hydroxyl groups excluding tert-OH is 1. The molecule has 0 aromatic rings. The molecule has 4 rings (SSSR count). The highest BCUT2D eigenvalue weighted by atomic mass is 16.6. The van der Waals surface area contributed by atoms with Gasteiger partial charge in [-0.25, -0.2) is 4.79 Å². The van der Waals surface area contributed by atoms with Gasteiger partial charge in [0.15, 0.2) is 6.10 Å². The molecule has 3 heterocycles. The zero-order valence-corrected chi connectivity index (χ0v) is 23.4. The Bertz CT molecular complexity index is 842. The maximum absolute atomic E-state index is 13.1. The predicted octanol–water partition coefficient (Wildman–Crippen LogP) is 4.98. The number of hydrogen-bond acceptors (Lipinski definition) is 7. The van der Waals surface area contributed by atoms with Crippen LogP contribution in [0.25, 0.3) is 0 Å². The van der Waals surface area contributed by atoms with E-state index in [1.165, 1.54) is 6.92 Å². The third-order valence-electron chi connectivity index (χ3n) is 9.63. The van der Waals surface area contributed by atoms with Crippen LogP contribution in [0.3, 0.4) is 0 Å². The minimum atomic E-state index is -1.10. The van der Waals surface area contributed by atoms with Gasteiger partial charge in [-0.3, -0.25) is 4.79 Å². The van der Waals surface area contributed by atoms with Gasteiger partial charge in [0.25, 0.3) is 0 Å². The Morgan fingerprint density at radius 2 is 1.92 bits per heavy atom. The van der Waals surface area contributed by atoms with Gasteiger partial charge in [0.05, 0.1) is 18.8 Å². The van der Waals surface area contributed by atoms with Gasteiger partial charge in [0.2, 0.25) is 0 Å². The van der Waals surface area contributed by atoms with Gasteiger partial charge >= 0.3 is 11.9 Å². The standard InChI is InChI=1S/C30H48O7/c1-7-8-9-10-11-22(32)29(33)37-27-18(3)15-21-19(4)16-34-30(6)24(35-20(5)31)13-12-17(2)14-23-26(27)25(21)28(30)36-23/h18-19,21-28,32H,2,7-16H2,1,3-6H3/t18-,19+,21+,22-,23+,24-,25+,26+,27-,28+,30+/m1/s1. The van der Waals surface area contributed by atoms with Crippen molar-refractivity contribution in [2.24, 2.45) is 29.6 Å². The third kappa shape index (κ3) is 5.79. The van der Waals surface area contributed by atoms with Crippen molar-refractivity contribution in [3.05, 3.63) is 12.2 Å². The Hall–Kier alpha value is -1.44. The molecular formula is C30H48O7. The van der Waals surface area contributed by atoms with E-state index < -0.39 is 23.8 Å². The number of rotatable bonds is 8. The quantitative estimate of drug-likeness (QED) is 0.274. The van der Waals surface area contributed by atoms with E-state index in [0.717, 1.165) is 44.1 Å². The monoisotopic (exact) mass is 520 g/mol. The Morgan fingerprint density at radius 3 is 2.62 bits per heavy atom. The van der Waals surface area contributed by atoms with E-state index in [4.69, 9.17) is 18.9 Å². The number of ether oxygens (including phenoxy) is 4. The summed E-state index contributed by atoms with van der Waals surface area (Å²) in [6, 6.07) is 0. The summed E-state index contributed by atoms with van der Waals surface area (Å²) < 4.78 is 25.5. The van der Waals surface area contributed by atoms with Gasteiger partial charge in [-0.05, 0) is 56.8 Å². The smallest absolute Gasteiger partial charge is 0.335 e. The van der Waals surface area contributed by atoms with Gasteiger partial charge in [-0.1, -0.05) is 58.6 Å². The number of unbranched alkanes of at least 4 members (excludes halogenated alkanes) is 3. The number of aliphatic hydroxyl groups is 1. The second kappa shape index (κ2) is 11.7. The molecule has 1 saturated carbocycles. The molecule has 0 aromatic heterocycles. The number of carbonyl (C=O) groups excluding carboxylic acids is 2. The summed E-state index contributed by atoms with van der Waals surface area (Å²) in [5, 5.41) is 10.6. The highest BCUT2D eigenvalue weighted by molar-refractivity contribution is 5.74. The van der Waals surface area contributed by atoms with Gasteiger partial charge < -0.3 is 24.1 Å². The van der Waals surface area contributed by atoms with Crippen LogP contribution < -0.4 is 0 Å². The lowest BCUT2D eigenvalue weighted by molar-refractivity contribution is -0.201. The number of fused-ring (bicyclic) bond motifs is 2. The largest absolute Gasteiger partial charge is 0.460 e. The molecule has 0 spiro atoms. The average molecular weight is 521 g/mol. The first kappa shape index (κ1) is 28.6. The van der Waals surface area contributed by atoms with Crippen LogP contribution in [0.4, 0.5) is 0 Å². The van der Waals surface area contributed by atoms with Crippen molar-refractivity contribution in [1.82, 2.24) is 0 Å². The van der Waals surface area contributed by atoms with Gasteiger partial charge in [-0.15, -0.1) is 0 Å². The number of hydrogen-bond donors (Lipinski definition) is 1. The fourth-order valence-corrected chi connectivity index (χ4v) is 7.64. The molecule has 1 aliphatic carbocycles. The molecule has 4 fully saturated rings. The zero-order valence-electron chi connectivity index (χ0n) is 23.4. The van der Waals surface area contributed by atoms with E-state index in [1.54, 1.807) is 0 Å². The lowest BCUT2D eigenvalue weighted by Crippen LogP contribution is -2.57. The molecule has 7 nitrogen and oxygen atoms in total. The lowest BCUT2D eigenvalue weighted by Gasteiger charge is -2.47. The van der Waals surface area contributed by atoms with Crippen molar-refractivity contribution < 1.29 is 33.6 Å². The molecule has 0 radical (unpaired) electrons. The Balaban J connectivity index is 1.64. The van der Waals surface area contributed by atoms with Crippen LogP contribution in [-0.4, -0.2) is 59.8 Å². The van der Waals surface area contributed by atoms with Gasteiger partial charge in [0, 0.05) is 18.8 Å². The minimum Gasteiger partial charge on any atom is -0.460 e. The second-order valence-corrected chi connectivity index (χ2v) is 12.5. The van der Waals surface area contributed by atoms with Crippen molar-refractivity contribution >= 4 is 11.9 Å². The average Bonchev–Trinajstić information content (AvgIpc) is 3.19. The minimum absolute atomic E-state index is 0.0219. The maximum Gasteiger partial charge on any atom is 0.335 e. The number of esters is 2. The van der Waals surface area contributed by atoms with E-state index in [-0.39, 0.29) is 42.0 Å². The van der Waals surface area contributed by atoms with Crippen LogP contribution in [0, 0.1) is 29.6 Å². The van der Waals surface area contributed by atoms with E-state index in [9.17, 15) is 14.7 Å². The first-order valence-corrected chi connectivity index (χ1v) is 14.6. The summed E-state index contributed by atoms with van der Waals surface area (Å²) in [5.41, 5.74) is 0.249. The fourth-order valence-electron chi connectivity index (χ4n) is 7.64. The molecule has 0 aromatic carbocycles. The summed E-state index contributed by atoms with van der Waals surface area (Å²) in [6.07, 6.45) is 5.10. The van der Waals surface area contributed by atoms with Crippen LogP contribution in [0.2, 0.25) is 0 Å². The van der Waals surface area contributed by atoms with E-state index in [1.807, 2.05) is 6.92 Å². The molecule has 1 N–H and O–H groups in total. The SMILES string of the molecule is C=C1CC[C@@H](OC(C)=O)[C@]2(C)OC[C@H](C)[C@@H]3C[C@@H](C)[C@@H](OC(=O)[C@H](O)CCCCCC)[C@@H]4[C@H]3[C@@H]2O[C@H]4C1. The Labute approximate surface area is 222 Å². The number of carbonyl (C=O) groups is 2. The molecule has 3 saturated heterocycles. The summed E-state index contributed by atoms with van der Waals surface area (Å²) in [5.74, 6) is 0.0221. The van der Waals surface area contributed by atoms with E-state index in [2.05, 4.69) is 27.4 Å². The second-order valence-electron chi connectivity index (χ2n) is 12.5. The third-order valence-corrected chi connectivity index (χ3v) is 9.63. The molecule has 11 atom stereocenters. The van der Waals surface area contributed by atoms with Crippen molar-refractivity contribution in [2.75, 3.05) is 6.61 Å². The lowest BCUT2D eigenvalue weighted by atomic mass is 9.59. The Morgan fingerprint density at radius 1 is 1.16 bits per heavy atom. The van der Waals surface area contributed by atoms with Crippen LogP contribution in [-0.2, 0) is 28.5 Å². The van der Waals surface area contributed by atoms with Crippen molar-refractivity contribution in [3.8, 4) is 0 Å². The predicted molar refractivity (Wildman–Crippen MR) is 140 cm³/mol. The molecule has 2 bridgehead atoms. The molecule has 4 aliphatic rings. The molecule has 37 heavy (non-hydrogen) atoms. The highest BCUT2D eigenvalue weighted by Crippen LogP contribution is 2.58. The van der Waals surface area contributed by atoms with Crippen LogP contribution in [0.5, 0.6) is 0 Å². The van der Waals surface area contributed by atoms with Gasteiger partial charge in [-0.2, -0.15) is 0 Å². The van der Waals surface area contributed by atoms with Crippen LogP contribution in [0.15, 0.2) is 12.2 Å². The molecule has 0 unspecified atom stereocenters. The summed E-state index contributed by atoms with van der Waals surface area (Å²) >= 11 is 0. The molecule has 7 heteroatoms. The molecular weight excluding hydrogens is 472 g/mol.